The van der Waals surface area contributed by atoms with Gasteiger partial charge in [0.15, 0.2) is 0 Å². The van der Waals surface area contributed by atoms with Crippen molar-refractivity contribution < 1.29 is 29.3 Å². The Labute approximate surface area is 157 Å². The number of amides is 1. The summed E-state index contributed by atoms with van der Waals surface area (Å²) in [5, 5.41) is 28.4. The Morgan fingerprint density at radius 3 is 2.48 bits per heavy atom. The SMILES string of the molecule is CC(C)N1C(=O)CC(c2ccc(F)cc2)C1/C=C/[C@H](O)C[C@@H](O)CC(=O)O. The molecule has 1 saturated heterocycles. The van der Waals surface area contributed by atoms with E-state index in [1.54, 1.807) is 23.1 Å². The summed E-state index contributed by atoms with van der Waals surface area (Å²) in [6, 6.07) is 5.67. The molecule has 1 fully saturated rings. The zero-order valence-corrected chi connectivity index (χ0v) is 15.5. The van der Waals surface area contributed by atoms with Gasteiger partial charge in [-0.05, 0) is 31.5 Å². The molecule has 148 valence electrons. The highest BCUT2D eigenvalue weighted by Crippen LogP contribution is 2.36. The van der Waals surface area contributed by atoms with E-state index < -0.39 is 24.6 Å². The van der Waals surface area contributed by atoms with Crippen molar-refractivity contribution in [3.63, 3.8) is 0 Å². The Bertz CT molecular complexity index is 688. The molecule has 3 N–H and O–H groups in total. The molecule has 6 nitrogen and oxygen atoms in total. The van der Waals surface area contributed by atoms with Crippen molar-refractivity contribution in [3.8, 4) is 0 Å². The first-order chi connectivity index (χ1) is 12.7. The number of aliphatic hydroxyl groups is 2. The molecule has 0 aromatic heterocycles. The van der Waals surface area contributed by atoms with Crippen LogP contribution in [0.3, 0.4) is 0 Å². The lowest BCUT2D eigenvalue weighted by Gasteiger charge is -2.29. The zero-order valence-electron chi connectivity index (χ0n) is 15.5. The lowest BCUT2D eigenvalue weighted by Crippen LogP contribution is -2.39. The normalized spacial score (nSPS) is 22.6. The van der Waals surface area contributed by atoms with E-state index in [0.29, 0.717) is 0 Å². The van der Waals surface area contributed by atoms with Crippen LogP contribution in [0.4, 0.5) is 4.39 Å². The summed E-state index contributed by atoms with van der Waals surface area (Å²) in [4.78, 5) is 24.8. The van der Waals surface area contributed by atoms with Gasteiger partial charge in [0.25, 0.3) is 0 Å². The number of aliphatic carboxylic acids is 1. The van der Waals surface area contributed by atoms with Gasteiger partial charge in [-0.3, -0.25) is 9.59 Å². The molecule has 1 amide bonds. The summed E-state index contributed by atoms with van der Waals surface area (Å²) >= 11 is 0. The van der Waals surface area contributed by atoms with Crippen molar-refractivity contribution in [2.75, 3.05) is 0 Å². The number of carbonyl (C=O) groups excluding carboxylic acids is 1. The number of rotatable bonds is 8. The van der Waals surface area contributed by atoms with Gasteiger partial charge in [0.1, 0.15) is 5.82 Å². The lowest BCUT2D eigenvalue weighted by atomic mass is 9.90. The highest BCUT2D eigenvalue weighted by molar-refractivity contribution is 5.81. The third-order valence-electron chi connectivity index (χ3n) is 4.72. The van der Waals surface area contributed by atoms with Gasteiger partial charge in [-0.1, -0.05) is 24.3 Å². The van der Waals surface area contributed by atoms with Crippen molar-refractivity contribution in [2.24, 2.45) is 0 Å². The Hall–Kier alpha value is -2.25. The number of hydrogen-bond donors (Lipinski definition) is 3. The fourth-order valence-corrected chi connectivity index (χ4v) is 3.54. The van der Waals surface area contributed by atoms with Gasteiger partial charge < -0.3 is 20.2 Å². The van der Waals surface area contributed by atoms with Crippen LogP contribution in [0.5, 0.6) is 0 Å². The van der Waals surface area contributed by atoms with Crippen molar-refractivity contribution >= 4 is 11.9 Å². The third-order valence-corrected chi connectivity index (χ3v) is 4.72. The number of halogens is 1. The standard InChI is InChI=1S/C20H26FNO5/c1-12(2)22-18(8-7-15(23)9-16(24)10-20(26)27)17(11-19(22)25)13-3-5-14(21)6-4-13/h3-8,12,15-18,23-24H,9-11H2,1-2H3,(H,26,27)/b8-7+/t15-,16+,17?,18?/m0/s1. The molecule has 27 heavy (non-hydrogen) atoms. The van der Waals surface area contributed by atoms with Gasteiger partial charge in [-0.2, -0.15) is 0 Å². The molecule has 0 spiro atoms. The van der Waals surface area contributed by atoms with Crippen LogP contribution in [0.15, 0.2) is 36.4 Å². The van der Waals surface area contributed by atoms with E-state index in [9.17, 15) is 24.2 Å². The van der Waals surface area contributed by atoms with Gasteiger partial charge >= 0.3 is 5.97 Å². The summed E-state index contributed by atoms with van der Waals surface area (Å²) in [7, 11) is 0. The summed E-state index contributed by atoms with van der Waals surface area (Å²) in [5.41, 5.74) is 0.836. The molecular weight excluding hydrogens is 353 g/mol. The molecule has 7 heteroatoms. The Kier molecular flexibility index (Phi) is 7.10. The second-order valence-corrected chi connectivity index (χ2v) is 7.19. The maximum absolute atomic E-state index is 13.2. The number of hydrogen-bond acceptors (Lipinski definition) is 4. The maximum Gasteiger partial charge on any atom is 0.305 e. The number of carbonyl (C=O) groups is 2. The molecule has 1 aromatic rings. The smallest absolute Gasteiger partial charge is 0.305 e. The number of benzene rings is 1. The molecule has 1 aromatic carbocycles. The highest BCUT2D eigenvalue weighted by Gasteiger charge is 2.40. The topological polar surface area (TPSA) is 98.1 Å². The van der Waals surface area contributed by atoms with Gasteiger partial charge in [-0.25, -0.2) is 4.39 Å². The van der Waals surface area contributed by atoms with E-state index in [1.165, 1.54) is 18.2 Å². The van der Waals surface area contributed by atoms with E-state index in [0.717, 1.165) is 5.56 Å². The van der Waals surface area contributed by atoms with Crippen LogP contribution in [0.2, 0.25) is 0 Å². The minimum Gasteiger partial charge on any atom is -0.481 e. The van der Waals surface area contributed by atoms with Crippen LogP contribution < -0.4 is 0 Å². The molecule has 1 heterocycles. The summed E-state index contributed by atoms with van der Waals surface area (Å²) in [6.45, 7) is 3.80. The molecule has 0 radical (unpaired) electrons. The Morgan fingerprint density at radius 1 is 1.30 bits per heavy atom. The molecule has 0 aliphatic carbocycles. The average molecular weight is 379 g/mol. The van der Waals surface area contributed by atoms with Crippen LogP contribution in [0.1, 0.15) is 44.6 Å². The number of aliphatic hydroxyl groups excluding tert-OH is 2. The van der Waals surface area contributed by atoms with E-state index in [1.807, 2.05) is 13.8 Å². The van der Waals surface area contributed by atoms with Crippen LogP contribution in [-0.2, 0) is 9.59 Å². The van der Waals surface area contributed by atoms with E-state index >= 15 is 0 Å². The first kappa shape index (κ1) is 21.1. The Balaban J connectivity index is 2.17. The molecule has 0 bridgehead atoms. The molecule has 0 saturated carbocycles. The van der Waals surface area contributed by atoms with E-state index in [2.05, 4.69) is 0 Å². The fraction of sp³-hybridized carbons (Fsp3) is 0.500. The monoisotopic (exact) mass is 379 g/mol. The van der Waals surface area contributed by atoms with Crippen LogP contribution in [0.25, 0.3) is 0 Å². The number of likely N-dealkylation sites (tertiary alicyclic amines) is 1. The van der Waals surface area contributed by atoms with Crippen molar-refractivity contribution in [2.45, 2.75) is 63.3 Å². The highest BCUT2D eigenvalue weighted by atomic mass is 19.1. The summed E-state index contributed by atoms with van der Waals surface area (Å²) < 4.78 is 13.2. The number of nitrogens with zero attached hydrogens (tertiary/aromatic N) is 1. The minimum absolute atomic E-state index is 0.0191. The minimum atomic E-state index is -1.15. The van der Waals surface area contributed by atoms with Gasteiger partial charge in [0, 0.05) is 24.8 Å². The molecule has 1 aliphatic heterocycles. The maximum atomic E-state index is 13.2. The molecule has 4 atom stereocenters. The largest absolute Gasteiger partial charge is 0.481 e. The molecule has 2 rings (SSSR count). The van der Waals surface area contributed by atoms with E-state index in [4.69, 9.17) is 5.11 Å². The fourth-order valence-electron chi connectivity index (χ4n) is 3.54. The second kappa shape index (κ2) is 9.10. The predicted octanol–water partition coefficient (Wildman–Crippen LogP) is 2.06. The van der Waals surface area contributed by atoms with Crippen LogP contribution >= 0.6 is 0 Å². The molecule has 2 unspecified atom stereocenters. The third kappa shape index (κ3) is 5.61. The number of carboxylic acid groups (broad SMARTS) is 1. The quantitative estimate of drug-likeness (QED) is 0.601. The van der Waals surface area contributed by atoms with Gasteiger partial charge in [0.05, 0.1) is 24.7 Å². The van der Waals surface area contributed by atoms with Crippen molar-refractivity contribution in [1.82, 2.24) is 4.90 Å². The van der Waals surface area contributed by atoms with E-state index in [-0.39, 0.29) is 42.6 Å². The number of carboxylic acids is 1. The lowest BCUT2D eigenvalue weighted by molar-refractivity contribution is -0.139. The summed E-state index contributed by atoms with van der Waals surface area (Å²) in [6.07, 6.45) is 0.767. The second-order valence-electron chi connectivity index (χ2n) is 7.19. The zero-order chi connectivity index (χ0) is 20.1. The van der Waals surface area contributed by atoms with Crippen molar-refractivity contribution in [1.29, 1.82) is 0 Å². The molecule has 1 aliphatic rings. The first-order valence-corrected chi connectivity index (χ1v) is 9.02. The Morgan fingerprint density at radius 2 is 1.93 bits per heavy atom. The predicted molar refractivity (Wildman–Crippen MR) is 97.6 cm³/mol. The summed E-state index contributed by atoms with van der Waals surface area (Å²) in [5.74, 6) is -1.68. The average Bonchev–Trinajstić information content (AvgIpc) is 2.89. The van der Waals surface area contributed by atoms with Gasteiger partial charge in [0.2, 0.25) is 5.91 Å². The van der Waals surface area contributed by atoms with Crippen LogP contribution in [-0.4, -0.2) is 56.4 Å². The van der Waals surface area contributed by atoms with Crippen LogP contribution in [0, 0.1) is 5.82 Å². The van der Waals surface area contributed by atoms with Gasteiger partial charge in [-0.15, -0.1) is 0 Å². The van der Waals surface area contributed by atoms with Crippen molar-refractivity contribution in [3.05, 3.63) is 47.8 Å². The molecular formula is C20H26FNO5. The first-order valence-electron chi connectivity index (χ1n) is 9.02.